The molecular weight excluding hydrogens is 332 g/mol. The van der Waals surface area contributed by atoms with E-state index in [9.17, 15) is 4.79 Å². The van der Waals surface area contributed by atoms with Gasteiger partial charge in [-0.15, -0.1) is 0 Å². The van der Waals surface area contributed by atoms with E-state index in [0.29, 0.717) is 18.4 Å². The molecule has 0 fully saturated rings. The number of hydrogen-bond donors (Lipinski definition) is 3. The molecule has 7 heteroatoms. The second-order valence-electron chi connectivity index (χ2n) is 7.24. The number of nitrogens with one attached hydrogen (secondary N) is 1. The Kier molecular flexibility index (Phi) is 6.15. The molecule has 26 heavy (non-hydrogen) atoms. The Morgan fingerprint density at radius 1 is 1.38 bits per heavy atom. The minimum atomic E-state index is -1.15. The van der Waals surface area contributed by atoms with Gasteiger partial charge in [0.25, 0.3) is 0 Å². The molecule has 0 spiro atoms. The number of nitrogens with two attached hydrogens (primary N) is 1. The van der Waals surface area contributed by atoms with Gasteiger partial charge < -0.3 is 15.6 Å². The van der Waals surface area contributed by atoms with Gasteiger partial charge in [0.05, 0.1) is 0 Å². The Balaban J connectivity index is 2.13. The number of amides is 1. The van der Waals surface area contributed by atoms with Crippen LogP contribution in [-0.4, -0.2) is 33.3 Å². The summed E-state index contributed by atoms with van der Waals surface area (Å²) < 4.78 is 5.78. The van der Waals surface area contributed by atoms with Gasteiger partial charge in [-0.3, -0.25) is 5.32 Å². The van der Waals surface area contributed by atoms with E-state index in [0.717, 1.165) is 23.1 Å². The summed E-state index contributed by atoms with van der Waals surface area (Å²) in [5, 5.41) is 11.1. The van der Waals surface area contributed by atoms with Crippen LogP contribution < -0.4 is 15.8 Å². The lowest BCUT2D eigenvalue weighted by atomic mass is 9.93. The van der Waals surface area contributed by atoms with E-state index in [4.69, 9.17) is 15.6 Å². The predicted octanol–water partition coefficient (Wildman–Crippen LogP) is 3.68. The molecule has 2 aromatic heterocycles. The smallest absolute Gasteiger partial charge is 0.410 e. The summed E-state index contributed by atoms with van der Waals surface area (Å²) in [6, 6.07) is 5.32. The van der Waals surface area contributed by atoms with Crippen molar-refractivity contribution in [3.05, 3.63) is 36.2 Å². The number of aromatic nitrogens is 2. The summed E-state index contributed by atoms with van der Waals surface area (Å²) in [5.74, 6) is 1.28. The quantitative estimate of drug-likeness (QED) is 0.696. The van der Waals surface area contributed by atoms with Gasteiger partial charge in [-0.1, -0.05) is 13.8 Å². The molecule has 2 rings (SSSR count). The van der Waals surface area contributed by atoms with E-state index in [1.54, 1.807) is 24.5 Å². The lowest BCUT2D eigenvalue weighted by molar-refractivity contribution is 0.200. The van der Waals surface area contributed by atoms with Crippen molar-refractivity contribution in [3.8, 4) is 17.0 Å². The standard InChI is InChI=1S/C19H26N4O3/c1-12(2)9-19(4,20)11-26-17-7-13(3)15(10-22-17)14-5-6-21-16(8-14)23-18(24)25/h5-8,10,12H,9,11,20H2,1-4H3,(H,21,23)(H,24,25). The Morgan fingerprint density at radius 2 is 2.12 bits per heavy atom. The Labute approximate surface area is 153 Å². The maximum absolute atomic E-state index is 10.8. The van der Waals surface area contributed by atoms with E-state index in [-0.39, 0.29) is 5.82 Å². The number of anilines is 1. The average Bonchev–Trinajstić information content (AvgIpc) is 2.51. The molecule has 0 saturated carbocycles. The topological polar surface area (TPSA) is 110 Å². The maximum atomic E-state index is 10.8. The number of carbonyl (C=O) groups is 1. The molecule has 7 nitrogen and oxygen atoms in total. The lowest BCUT2D eigenvalue weighted by Crippen LogP contribution is -2.43. The van der Waals surface area contributed by atoms with Gasteiger partial charge in [0.1, 0.15) is 12.4 Å². The first-order valence-corrected chi connectivity index (χ1v) is 8.51. The number of carboxylic acid groups (broad SMARTS) is 1. The molecule has 0 aliphatic carbocycles. The molecule has 1 atom stereocenters. The maximum Gasteiger partial charge on any atom is 0.410 e. The summed E-state index contributed by atoms with van der Waals surface area (Å²) in [7, 11) is 0. The zero-order valence-corrected chi connectivity index (χ0v) is 15.6. The van der Waals surface area contributed by atoms with Crippen LogP contribution in [0.2, 0.25) is 0 Å². The summed E-state index contributed by atoms with van der Waals surface area (Å²) in [6.07, 6.45) is 2.97. The fraction of sp³-hybridized carbons (Fsp3) is 0.421. The number of rotatable bonds is 7. The summed E-state index contributed by atoms with van der Waals surface area (Å²) in [4.78, 5) is 19.1. The molecule has 1 unspecified atom stereocenters. The Bertz CT molecular complexity index is 775. The highest BCUT2D eigenvalue weighted by Gasteiger charge is 2.21. The molecule has 0 radical (unpaired) electrons. The van der Waals surface area contributed by atoms with Crippen LogP contribution in [0.15, 0.2) is 30.6 Å². The van der Waals surface area contributed by atoms with Gasteiger partial charge in [0, 0.05) is 29.6 Å². The molecule has 0 saturated heterocycles. The van der Waals surface area contributed by atoms with Gasteiger partial charge in [0.15, 0.2) is 0 Å². The van der Waals surface area contributed by atoms with Crippen molar-refractivity contribution in [2.75, 3.05) is 11.9 Å². The third-order valence-electron chi connectivity index (χ3n) is 3.82. The van der Waals surface area contributed by atoms with Crippen LogP contribution in [0.5, 0.6) is 5.88 Å². The van der Waals surface area contributed by atoms with Gasteiger partial charge in [-0.05, 0) is 49.4 Å². The molecule has 0 aliphatic rings. The minimum absolute atomic E-state index is 0.266. The highest BCUT2D eigenvalue weighted by atomic mass is 16.5. The highest BCUT2D eigenvalue weighted by Crippen LogP contribution is 2.26. The van der Waals surface area contributed by atoms with E-state index < -0.39 is 11.6 Å². The average molecular weight is 358 g/mol. The van der Waals surface area contributed by atoms with E-state index in [2.05, 4.69) is 29.1 Å². The predicted molar refractivity (Wildman–Crippen MR) is 101 cm³/mol. The number of pyridine rings is 2. The second-order valence-corrected chi connectivity index (χ2v) is 7.24. The zero-order valence-electron chi connectivity index (χ0n) is 15.6. The molecule has 0 aliphatic heterocycles. The first-order chi connectivity index (χ1) is 12.2. The number of aryl methyl sites for hydroxylation is 1. The van der Waals surface area contributed by atoms with Gasteiger partial charge in [0.2, 0.25) is 5.88 Å². The van der Waals surface area contributed by atoms with Gasteiger partial charge in [-0.2, -0.15) is 0 Å². The molecule has 0 aromatic carbocycles. The third kappa shape index (κ3) is 5.70. The van der Waals surface area contributed by atoms with Crippen molar-refractivity contribution in [3.63, 3.8) is 0 Å². The lowest BCUT2D eigenvalue weighted by Gasteiger charge is -2.26. The molecule has 1 amide bonds. The van der Waals surface area contributed by atoms with Crippen molar-refractivity contribution in [1.82, 2.24) is 9.97 Å². The molecule has 140 valence electrons. The van der Waals surface area contributed by atoms with Crippen molar-refractivity contribution >= 4 is 11.9 Å². The molecule has 0 bridgehead atoms. The monoisotopic (exact) mass is 358 g/mol. The van der Waals surface area contributed by atoms with Crippen LogP contribution in [0.1, 0.15) is 32.8 Å². The molecular formula is C19H26N4O3. The normalized spacial score (nSPS) is 13.3. The second kappa shape index (κ2) is 8.14. The number of ether oxygens (including phenoxy) is 1. The van der Waals surface area contributed by atoms with Crippen LogP contribution >= 0.6 is 0 Å². The van der Waals surface area contributed by atoms with Crippen LogP contribution in [0.4, 0.5) is 10.6 Å². The van der Waals surface area contributed by atoms with Gasteiger partial charge >= 0.3 is 6.09 Å². The number of nitrogens with zero attached hydrogens (tertiary/aromatic N) is 2. The summed E-state index contributed by atoms with van der Waals surface area (Å²) in [5.41, 5.74) is 8.52. The fourth-order valence-corrected chi connectivity index (χ4v) is 2.92. The zero-order chi connectivity index (χ0) is 19.3. The molecule has 2 aromatic rings. The van der Waals surface area contributed by atoms with Crippen LogP contribution in [0.3, 0.4) is 0 Å². The first-order valence-electron chi connectivity index (χ1n) is 8.51. The number of hydrogen-bond acceptors (Lipinski definition) is 5. The summed E-state index contributed by atoms with van der Waals surface area (Å²) in [6.45, 7) is 8.57. The Morgan fingerprint density at radius 3 is 2.73 bits per heavy atom. The fourth-order valence-electron chi connectivity index (χ4n) is 2.92. The first kappa shape index (κ1) is 19.7. The third-order valence-corrected chi connectivity index (χ3v) is 3.82. The largest absolute Gasteiger partial charge is 0.476 e. The van der Waals surface area contributed by atoms with Crippen molar-refractivity contribution in [2.45, 2.75) is 39.7 Å². The van der Waals surface area contributed by atoms with Crippen LogP contribution in [0, 0.1) is 12.8 Å². The van der Waals surface area contributed by atoms with Crippen molar-refractivity contribution < 1.29 is 14.6 Å². The van der Waals surface area contributed by atoms with E-state index in [1.807, 2.05) is 19.9 Å². The van der Waals surface area contributed by atoms with Crippen LogP contribution in [-0.2, 0) is 0 Å². The van der Waals surface area contributed by atoms with E-state index in [1.165, 1.54) is 0 Å². The minimum Gasteiger partial charge on any atom is -0.476 e. The van der Waals surface area contributed by atoms with Crippen molar-refractivity contribution in [1.29, 1.82) is 0 Å². The molecule has 2 heterocycles. The SMILES string of the molecule is Cc1cc(OCC(C)(N)CC(C)C)ncc1-c1ccnc(NC(=O)O)c1. The Hall–Kier alpha value is -2.67. The molecule has 4 N–H and O–H groups in total. The van der Waals surface area contributed by atoms with E-state index >= 15 is 0 Å². The van der Waals surface area contributed by atoms with Gasteiger partial charge in [-0.25, -0.2) is 14.8 Å². The van der Waals surface area contributed by atoms with Crippen LogP contribution in [0.25, 0.3) is 11.1 Å². The highest BCUT2D eigenvalue weighted by molar-refractivity contribution is 5.83. The summed E-state index contributed by atoms with van der Waals surface area (Å²) >= 11 is 0. The van der Waals surface area contributed by atoms with Crippen molar-refractivity contribution in [2.24, 2.45) is 11.7 Å².